The summed E-state index contributed by atoms with van der Waals surface area (Å²) in [5.41, 5.74) is 14.9. The highest BCUT2D eigenvalue weighted by atomic mass is 16.3. The highest BCUT2D eigenvalue weighted by molar-refractivity contribution is 6.12. The molecule has 0 aliphatic heterocycles. The summed E-state index contributed by atoms with van der Waals surface area (Å²) < 4.78 is 6.34. The molecule has 0 amide bonds. The van der Waals surface area contributed by atoms with Gasteiger partial charge in [0.15, 0.2) is 0 Å². The molecule has 2 aliphatic carbocycles. The van der Waals surface area contributed by atoms with Gasteiger partial charge in [0.1, 0.15) is 11.2 Å². The maximum atomic E-state index is 6.34. The predicted octanol–water partition coefficient (Wildman–Crippen LogP) is 13.7. The summed E-state index contributed by atoms with van der Waals surface area (Å²) in [5, 5.41) is 12.7. The van der Waals surface area contributed by atoms with Gasteiger partial charge in [0.2, 0.25) is 0 Å². The highest BCUT2D eigenvalue weighted by Gasteiger charge is 2.36. The topological polar surface area (TPSA) is 13.1 Å². The van der Waals surface area contributed by atoms with Gasteiger partial charge in [-0.05, 0) is 160 Å². The van der Waals surface area contributed by atoms with Crippen LogP contribution in [0.2, 0.25) is 0 Å². The SMILES string of the molecule is CC1(C)c2ccc(-c3c4c(c(-c5ccc6cc(-c7ccccc7)ccc6c5)c5ccccc35)=CCCC=4)cc2-c2cc3cc4oc5ccccc5c4cc3cc21. The normalized spacial score (nSPS) is 14.2. The van der Waals surface area contributed by atoms with Crippen molar-refractivity contribution >= 4 is 66.4 Å². The van der Waals surface area contributed by atoms with Crippen LogP contribution in [0.3, 0.4) is 0 Å². The Hall–Kier alpha value is -6.70. The van der Waals surface area contributed by atoms with Crippen molar-refractivity contribution in [2.45, 2.75) is 32.1 Å². The van der Waals surface area contributed by atoms with E-state index in [0.29, 0.717) is 0 Å². The number of furan rings is 1. The molecule has 0 fully saturated rings. The lowest BCUT2D eigenvalue weighted by Crippen LogP contribution is -2.31. The average molecular weight is 715 g/mol. The Morgan fingerprint density at radius 3 is 1.73 bits per heavy atom. The smallest absolute Gasteiger partial charge is 0.136 e. The Kier molecular flexibility index (Phi) is 6.58. The second kappa shape index (κ2) is 11.7. The van der Waals surface area contributed by atoms with Crippen LogP contribution in [0.5, 0.6) is 0 Å². The third kappa shape index (κ3) is 4.55. The van der Waals surface area contributed by atoms with Gasteiger partial charge in [-0.25, -0.2) is 0 Å². The van der Waals surface area contributed by atoms with Gasteiger partial charge in [-0.3, -0.25) is 0 Å². The molecule has 9 aromatic carbocycles. The molecule has 0 bridgehead atoms. The fraction of sp³-hybridized carbons (Fsp3) is 0.0909. The van der Waals surface area contributed by atoms with E-state index in [1.807, 2.05) is 6.07 Å². The maximum Gasteiger partial charge on any atom is 0.136 e. The summed E-state index contributed by atoms with van der Waals surface area (Å²) in [6.07, 6.45) is 7.06. The molecule has 0 unspecified atom stereocenters. The van der Waals surface area contributed by atoms with Crippen molar-refractivity contribution < 1.29 is 4.42 Å². The molecule has 56 heavy (non-hydrogen) atoms. The minimum atomic E-state index is -0.117. The molecule has 10 aromatic rings. The lowest BCUT2D eigenvalue weighted by molar-refractivity contribution is 0.661. The van der Waals surface area contributed by atoms with E-state index >= 15 is 0 Å². The van der Waals surface area contributed by atoms with Gasteiger partial charge < -0.3 is 4.42 Å². The summed E-state index contributed by atoms with van der Waals surface area (Å²) in [6, 6.07) is 58.7. The minimum Gasteiger partial charge on any atom is -0.456 e. The summed E-state index contributed by atoms with van der Waals surface area (Å²) >= 11 is 0. The molecule has 1 heteroatoms. The van der Waals surface area contributed by atoms with Crippen LogP contribution in [-0.2, 0) is 5.41 Å². The van der Waals surface area contributed by atoms with Crippen LogP contribution in [0.4, 0.5) is 0 Å². The Balaban J connectivity index is 1.04. The quantitative estimate of drug-likeness (QED) is 0.178. The van der Waals surface area contributed by atoms with Crippen molar-refractivity contribution in [2.75, 3.05) is 0 Å². The third-order valence-corrected chi connectivity index (χ3v) is 12.8. The zero-order chi connectivity index (χ0) is 37.1. The average Bonchev–Trinajstić information content (AvgIpc) is 3.71. The van der Waals surface area contributed by atoms with Crippen LogP contribution in [-0.4, -0.2) is 0 Å². The van der Waals surface area contributed by atoms with E-state index in [0.717, 1.165) is 24.0 Å². The van der Waals surface area contributed by atoms with Gasteiger partial charge in [-0.2, -0.15) is 0 Å². The molecular weight excluding hydrogens is 677 g/mol. The van der Waals surface area contributed by atoms with Gasteiger partial charge in [-0.1, -0.05) is 135 Å². The van der Waals surface area contributed by atoms with Crippen LogP contribution < -0.4 is 10.4 Å². The summed E-state index contributed by atoms with van der Waals surface area (Å²) in [5.74, 6) is 0. The van der Waals surface area contributed by atoms with Crippen molar-refractivity contribution in [1.82, 2.24) is 0 Å². The zero-order valence-electron chi connectivity index (χ0n) is 31.5. The molecule has 2 aliphatic rings. The number of para-hydroxylation sites is 1. The second-order valence-corrected chi connectivity index (χ2v) is 16.3. The van der Waals surface area contributed by atoms with Crippen molar-refractivity contribution in [3.8, 4) is 44.5 Å². The molecular formula is C55H38O. The first kappa shape index (κ1) is 31.6. The molecule has 0 spiro atoms. The van der Waals surface area contributed by atoms with E-state index < -0.39 is 0 Å². The van der Waals surface area contributed by atoms with Crippen LogP contribution in [0.1, 0.15) is 37.8 Å². The standard InChI is InChI=1S/C55H38O/c1-55(2)49-25-24-38(28-46(49)47-29-40-32-52-48(30-39(40)31-50(47)55)41-14-10-11-19-51(41)56-52)54-44-17-8-6-15-42(44)53(43-16-7-9-18-45(43)54)37-23-22-35-26-34(20-21-36(35)27-37)33-12-4-3-5-13-33/h3-6,8,10-32H,7,9H2,1-2H3. The number of hydrogen-bond donors (Lipinski definition) is 0. The first-order valence-electron chi connectivity index (χ1n) is 19.9. The first-order valence-corrected chi connectivity index (χ1v) is 19.9. The zero-order valence-corrected chi connectivity index (χ0v) is 31.5. The van der Waals surface area contributed by atoms with Gasteiger partial charge in [0, 0.05) is 16.2 Å². The van der Waals surface area contributed by atoms with E-state index in [-0.39, 0.29) is 5.41 Å². The van der Waals surface area contributed by atoms with Gasteiger partial charge in [-0.15, -0.1) is 0 Å². The van der Waals surface area contributed by atoms with Crippen LogP contribution >= 0.6 is 0 Å². The van der Waals surface area contributed by atoms with Gasteiger partial charge in [0.25, 0.3) is 0 Å². The number of hydrogen-bond acceptors (Lipinski definition) is 1. The minimum absolute atomic E-state index is 0.117. The van der Waals surface area contributed by atoms with Crippen LogP contribution in [0, 0.1) is 0 Å². The fourth-order valence-electron chi connectivity index (χ4n) is 10.1. The van der Waals surface area contributed by atoms with E-state index in [2.05, 4.69) is 178 Å². The van der Waals surface area contributed by atoms with Gasteiger partial charge in [0.05, 0.1) is 0 Å². The third-order valence-electron chi connectivity index (χ3n) is 12.8. The summed E-state index contributed by atoms with van der Waals surface area (Å²) in [6.45, 7) is 4.77. The number of benzene rings is 9. The van der Waals surface area contributed by atoms with Crippen molar-refractivity contribution in [3.63, 3.8) is 0 Å². The lowest BCUT2D eigenvalue weighted by Gasteiger charge is -2.22. The monoisotopic (exact) mass is 714 g/mol. The van der Waals surface area contributed by atoms with E-state index in [4.69, 9.17) is 4.42 Å². The van der Waals surface area contributed by atoms with E-state index in [1.165, 1.54) is 109 Å². The van der Waals surface area contributed by atoms with Crippen molar-refractivity contribution in [2.24, 2.45) is 0 Å². The lowest BCUT2D eigenvalue weighted by atomic mass is 9.81. The Morgan fingerprint density at radius 1 is 0.393 bits per heavy atom. The summed E-state index contributed by atoms with van der Waals surface area (Å²) in [4.78, 5) is 0. The molecule has 0 saturated carbocycles. The molecule has 0 saturated heterocycles. The highest BCUT2D eigenvalue weighted by Crippen LogP contribution is 2.51. The van der Waals surface area contributed by atoms with E-state index in [9.17, 15) is 0 Å². The molecule has 12 rings (SSSR count). The predicted molar refractivity (Wildman–Crippen MR) is 238 cm³/mol. The number of rotatable bonds is 3. The number of fused-ring (bicyclic) bond motifs is 10. The Bertz CT molecular complexity index is 3430. The molecule has 0 radical (unpaired) electrons. The van der Waals surface area contributed by atoms with E-state index in [1.54, 1.807) is 0 Å². The van der Waals surface area contributed by atoms with Crippen molar-refractivity contribution in [1.29, 1.82) is 0 Å². The molecule has 0 atom stereocenters. The van der Waals surface area contributed by atoms with Gasteiger partial charge >= 0.3 is 0 Å². The Morgan fingerprint density at radius 2 is 0.982 bits per heavy atom. The molecule has 264 valence electrons. The molecule has 0 N–H and O–H groups in total. The second-order valence-electron chi connectivity index (χ2n) is 16.3. The van der Waals surface area contributed by atoms with Crippen LogP contribution in [0.25, 0.3) is 111 Å². The fourth-order valence-corrected chi connectivity index (χ4v) is 10.1. The molecule has 1 nitrogen and oxygen atoms in total. The maximum absolute atomic E-state index is 6.34. The van der Waals surface area contributed by atoms with Crippen molar-refractivity contribution in [3.05, 3.63) is 179 Å². The summed E-state index contributed by atoms with van der Waals surface area (Å²) in [7, 11) is 0. The Labute approximate surface area is 325 Å². The molecule has 1 aromatic heterocycles. The largest absolute Gasteiger partial charge is 0.456 e. The van der Waals surface area contributed by atoms with Crippen LogP contribution in [0.15, 0.2) is 162 Å². The molecule has 1 heterocycles. The first-order chi connectivity index (χ1) is 27.5.